The van der Waals surface area contributed by atoms with E-state index in [-0.39, 0.29) is 161 Å². The van der Waals surface area contributed by atoms with Crippen molar-refractivity contribution in [3.8, 4) is 0 Å². The molecule has 2 aliphatic rings. The van der Waals surface area contributed by atoms with Crippen LogP contribution in [0.4, 0.5) is 4.79 Å². The number of hydrogen-bond acceptors (Lipinski definition) is 23. The van der Waals surface area contributed by atoms with E-state index in [4.69, 9.17) is 43.0 Å². The average molecular weight is 1840 g/mol. The Balaban J connectivity index is 0.000000682. The van der Waals surface area contributed by atoms with Gasteiger partial charge in [-0.2, -0.15) is 0 Å². The fraction of sp³-hybridized carbons (Fsp3) is 0.750. The molecule has 130 heavy (non-hydrogen) atoms. The number of ether oxygens (including phenoxy) is 8. The molecule has 2 aromatic carbocycles. The van der Waals surface area contributed by atoms with Crippen LogP contribution in [0.1, 0.15) is 187 Å². The molecule has 2 saturated heterocycles. The lowest BCUT2D eigenvalue weighted by Crippen LogP contribution is -2.59. The number of esters is 1. The molecule has 2 fully saturated rings. The second-order valence-corrected chi connectivity index (χ2v) is 37.5. The normalized spacial score (nSPS) is 18.1. The molecule has 740 valence electrons. The molecular formula is C96H165N13O21. The van der Waals surface area contributed by atoms with Gasteiger partial charge in [-0.1, -0.05) is 170 Å². The number of carbonyl (C=O) groups is 12. The van der Waals surface area contributed by atoms with Gasteiger partial charge in [0.2, 0.25) is 59.1 Å². The van der Waals surface area contributed by atoms with Crippen molar-refractivity contribution in [3.05, 3.63) is 71.8 Å². The van der Waals surface area contributed by atoms with E-state index in [9.17, 15) is 57.5 Å². The lowest BCUT2D eigenvalue weighted by atomic mass is 9.89. The van der Waals surface area contributed by atoms with E-state index in [1.54, 1.807) is 75.4 Å². The second-order valence-electron chi connectivity index (χ2n) is 37.5. The largest absolute Gasteiger partial charge is 0.462 e. The Morgan fingerprint density at radius 3 is 1.15 bits per heavy atom. The molecule has 34 heteroatoms. The molecule has 0 aliphatic carbocycles. The standard InChI is InChI=1S/C52H89N7O12.C44H76N6O9/c1-17-34(6)44(58(14)49(64)42(32(2)3)56-48(63)43(33(4)5)57(12)13)40(67-15)31-41(60)59-26-21-24-39(59)45(68-16)35(7)46(61)55-38(30-37-22-19-18-20-23-37)47(62)53-25-27-69-28-29-70-50(65)36(8)54-51(66)71-52(9,10)11;1-13-30(6)39(49(10)44(56)37(28(2)3)47-43(55)38(29(4)5)48(8)9)35(57-11)27-36(52)50-22-17-20-34(50)40(58-12)31(7)41(53)46-33(26-32-18-15-14-16-19-32)42(54)45-21-24-59-25-23-51/h18-20,22-23,32-36,38-40,42-45H,17,21,24-31H2,1-16H3,(H,53,62)(H,54,66)(H,55,61)(H,56,63);14-16,18-19,28-31,33-35,37-40,51H,13,17,20-27H2,1-12H3,(H,45,54)(H,46,53)(H,47,55)/t34-,35+,36-,38-,39-,40+,42-,43-,44?,45+;30-,31+,33-,34-,35+,37-,38-,39?,40+/m00/s1. The zero-order valence-corrected chi connectivity index (χ0v) is 83.5. The number of benzene rings is 2. The first-order valence-electron chi connectivity index (χ1n) is 46.6. The van der Waals surface area contributed by atoms with Crippen LogP contribution in [0.25, 0.3) is 0 Å². The van der Waals surface area contributed by atoms with E-state index in [0.717, 1.165) is 17.5 Å². The number of rotatable bonds is 55. The number of methoxy groups -OCH3 is 4. The van der Waals surface area contributed by atoms with Crippen molar-refractivity contribution in [2.45, 2.75) is 285 Å². The lowest BCUT2D eigenvalue weighted by Gasteiger charge is -2.41. The molecule has 0 spiro atoms. The maximum absolute atomic E-state index is 14.4. The monoisotopic (exact) mass is 1840 g/mol. The quantitative estimate of drug-likeness (QED) is 0.0261. The van der Waals surface area contributed by atoms with Gasteiger partial charge < -0.3 is 99.8 Å². The summed E-state index contributed by atoms with van der Waals surface area (Å²) in [6.45, 7) is 35.2. The van der Waals surface area contributed by atoms with E-state index in [2.05, 4.69) is 37.2 Å². The van der Waals surface area contributed by atoms with Crippen LogP contribution in [0.15, 0.2) is 60.7 Å². The van der Waals surface area contributed by atoms with Gasteiger partial charge >= 0.3 is 12.1 Å². The van der Waals surface area contributed by atoms with Gasteiger partial charge in [0.15, 0.2) is 0 Å². The predicted molar refractivity (Wildman–Crippen MR) is 499 cm³/mol. The minimum Gasteiger partial charge on any atom is -0.462 e. The number of alkyl carbamates (subject to hydrolysis) is 1. The van der Waals surface area contributed by atoms with Crippen molar-refractivity contribution in [1.29, 1.82) is 0 Å². The lowest BCUT2D eigenvalue weighted by molar-refractivity contribution is -0.148. The van der Waals surface area contributed by atoms with Crippen LogP contribution in [0, 0.1) is 47.3 Å². The highest BCUT2D eigenvalue weighted by atomic mass is 16.6. The van der Waals surface area contributed by atoms with E-state index in [1.807, 2.05) is 182 Å². The summed E-state index contributed by atoms with van der Waals surface area (Å²) in [6, 6.07) is 11.6. The zero-order chi connectivity index (χ0) is 98.1. The predicted octanol–water partition coefficient (Wildman–Crippen LogP) is 6.44. The molecule has 0 bridgehead atoms. The Morgan fingerprint density at radius 2 is 0.831 bits per heavy atom. The number of nitrogens with one attached hydrogen (secondary N) is 7. The minimum atomic E-state index is -0.959. The van der Waals surface area contributed by atoms with Crippen molar-refractivity contribution in [2.24, 2.45) is 47.3 Å². The molecule has 2 aliphatic heterocycles. The number of aliphatic hydroxyl groups is 1. The molecular weight excluding hydrogens is 1670 g/mol. The topological polar surface area (TPSA) is 403 Å². The SMILES string of the molecule is CC[C@H](C)C([C@@H](CC(=O)N1CCC[C@H]1[C@H](OC)[C@@H](C)C(=O)N[C@@H](Cc1ccccc1)C(=O)NCCOCCO)OC)N(C)C(=O)[C@@H](NC(=O)[C@H](C(C)C)N(C)C)C(C)C.CC[C@H](C)C([C@@H](CC(=O)N1CCC[C@H]1[C@H](OC)[C@@H](C)C(=O)N[C@@H](Cc1ccccc1)C(=O)NCCOCCOC(=O)[C@H](C)NC(=O)OC(C)(C)C)OC)N(C)C(=O)[C@@H](NC(=O)[C@H](C(C)C)N(C)C)C(C)C. The van der Waals surface area contributed by atoms with Crippen LogP contribution in [0.2, 0.25) is 0 Å². The highest BCUT2D eigenvalue weighted by Gasteiger charge is 2.47. The van der Waals surface area contributed by atoms with Crippen LogP contribution in [-0.2, 0) is 103 Å². The third-order valence-electron chi connectivity index (χ3n) is 24.6. The molecule has 11 amide bonds. The Bertz CT molecular complexity index is 3750. The molecule has 0 radical (unpaired) electrons. The van der Waals surface area contributed by atoms with Gasteiger partial charge in [0.05, 0.1) is 118 Å². The van der Waals surface area contributed by atoms with Gasteiger partial charge in [0.25, 0.3) is 0 Å². The number of amides is 11. The summed E-state index contributed by atoms with van der Waals surface area (Å²) >= 11 is 0. The molecule has 34 nitrogen and oxygen atoms in total. The molecule has 0 saturated carbocycles. The zero-order valence-electron chi connectivity index (χ0n) is 83.5. The van der Waals surface area contributed by atoms with Crippen LogP contribution >= 0.6 is 0 Å². The molecule has 2 unspecified atom stereocenters. The van der Waals surface area contributed by atoms with Gasteiger partial charge in [-0.3, -0.25) is 57.7 Å². The molecule has 8 N–H and O–H groups in total. The van der Waals surface area contributed by atoms with Gasteiger partial charge in [-0.15, -0.1) is 0 Å². The summed E-state index contributed by atoms with van der Waals surface area (Å²) < 4.78 is 45.3. The third-order valence-corrected chi connectivity index (χ3v) is 24.6. The van der Waals surface area contributed by atoms with Crippen molar-refractivity contribution in [2.75, 3.05) is 137 Å². The smallest absolute Gasteiger partial charge is 0.408 e. The Hall–Kier alpha value is -8.48. The van der Waals surface area contributed by atoms with Crippen molar-refractivity contribution in [1.82, 2.24) is 66.6 Å². The summed E-state index contributed by atoms with van der Waals surface area (Å²) in [5.41, 5.74) is 0.980. The molecule has 0 aromatic heterocycles. The third kappa shape index (κ3) is 36.8. The second kappa shape index (κ2) is 58.5. The summed E-state index contributed by atoms with van der Waals surface area (Å²) in [4.78, 5) is 174. The summed E-state index contributed by atoms with van der Waals surface area (Å²) in [7, 11) is 16.9. The van der Waals surface area contributed by atoms with Gasteiger partial charge in [-0.25, -0.2) is 9.59 Å². The van der Waals surface area contributed by atoms with Crippen molar-refractivity contribution < 1.29 is 101 Å². The number of carbonyl (C=O) groups excluding carboxylic acids is 12. The highest BCUT2D eigenvalue weighted by Crippen LogP contribution is 2.33. The maximum atomic E-state index is 14.4. The van der Waals surface area contributed by atoms with Gasteiger partial charge in [0.1, 0.15) is 42.4 Å². The fourth-order valence-corrected chi connectivity index (χ4v) is 17.4. The van der Waals surface area contributed by atoms with Crippen molar-refractivity contribution >= 4 is 71.1 Å². The van der Waals surface area contributed by atoms with E-state index < -0.39 is 132 Å². The molecule has 2 aromatic rings. The number of hydrogen-bond donors (Lipinski definition) is 8. The summed E-state index contributed by atoms with van der Waals surface area (Å²) in [6.07, 6.45) is 0.971. The van der Waals surface area contributed by atoms with Crippen LogP contribution in [-0.4, -0.2) is 339 Å². The molecule has 4 rings (SSSR count). The first kappa shape index (κ1) is 116. The van der Waals surface area contributed by atoms with Crippen LogP contribution in [0.5, 0.6) is 0 Å². The number of aliphatic hydroxyl groups excluding tert-OH is 1. The summed E-state index contributed by atoms with van der Waals surface area (Å²) in [5.74, 6) is -5.58. The first-order chi connectivity index (χ1) is 61.2. The summed E-state index contributed by atoms with van der Waals surface area (Å²) in [5, 5.41) is 29.0. The number of likely N-dealkylation sites (tertiary alicyclic amines) is 2. The molecule has 2 heterocycles. The van der Waals surface area contributed by atoms with Crippen LogP contribution < -0.4 is 37.2 Å². The van der Waals surface area contributed by atoms with Gasteiger partial charge in [0, 0.05) is 81.6 Å². The molecule has 19 atom stereocenters. The Labute approximate surface area is 775 Å². The van der Waals surface area contributed by atoms with E-state index in [1.165, 1.54) is 28.3 Å². The average Bonchev–Trinajstić information content (AvgIpc) is 1.45. The maximum Gasteiger partial charge on any atom is 0.408 e. The number of nitrogens with zero attached hydrogens (tertiary/aromatic N) is 6. The Morgan fingerprint density at radius 1 is 0.462 bits per heavy atom. The highest BCUT2D eigenvalue weighted by molar-refractivity contribution is 5.93. The van der Waals surface area contributed by atoms with Crippen molar-refractivity contribution in [3.63, 3.8) is 0 Å². The van der Waals surface area contributed by atoms with E-state index >= 15 is 0 Å². The fourth-order valence-electron chi connectivity index (χ4n) is 17.4. The van der Waals surface area contributed by atoms with Gasteiger partial charge in [-0.05, 0) is 128 Å². The van der Waals surface area contributed by atoms with Crippen LogP contribution in [0.3, 0.4) is 0 Å². The first-order valence-corrected chi connectivity index (χ1v) is 46.6. The number of likely N-dealkylation sites (N-methyl/N-ethyl adjacent to an activating group) is 4. The Kier molecular flexibility index (Phi) is 52.1. The van der Waals surface area contributed by atoms with E-state index in [0.29, 0.717) is 45.2 Å². The minimum absolute atomic E-state index is 0.00721.